The average Bonchev–Trinajstić information content (AvgIpc) is 2.81. The van der Waals surface area contributed by atoms with Crippen molar-refractivity contribution in [3.8, 4) is 0 Å². The Morgan fingerprint density at radius 2 is 0.952 bits per heavy atom. The molecular weight excluding hydrogens is 390 g/mol. The number of benzene rings is 3. The van der Waals surface area contributed by atoms with Crippen LogP contribution in [0.2, 0.25) is 0 Å². The van der Waals surface area contributed by atoms with Crippen LogP contribution >= 0.6 is 31.9 Å². The maximum atomic E-state index is 8.44. The first kappa shape index (κ1) is 5.56. The van der Waals surface area contributed by atoms with Gasteiger partial charge in [-0.05, 0) is 60.4 Å². The summed E-state index contributed by atoms with van der Waals surface area (Å²) < 4.78 is 107. The van der Waals surface area contributed by atoms with E-state index in [1.54, 1.807) is 0 Å². The average molecular weight is 416 g/mol. The molecule has 0 bridgehead atoms. The largest absolute Gasteiger partial charge is 0.311 e. The standard InChI is InChI=1S/C18H13Br2N/c19-14-6-10-17(11-7-14)21(16-4-2-1-3-5-16)18-12-8-15(20)9-13-18/h1-13H/i1D,2D,3D,4D,5D,6D,7D,8D,9D,10D,11D,12D,13D. The van der Waals surface area contributed by atoms with Crippen LogP contribution in [0, 0.1) is 0 Å². The Balaban J connectivity index is 2.68. The first-order chi connectivity index (χ1) is 15.7. The van der Waals surface area contributed by atoms with Gasteiger partial charge < -0.3 is 4.90 Å². The number of halogens is 2. The van der Waals surface area contributed by atoms with E-state index in [2.05, 4.69) is 31.9 Å². The summed E-state index contributed by atoms with van der Waals surface area (Å²) >= 11 is 5.93. The number of para-hydroxylation sites is 1. The first-order valence-electron chi connectivity index (χ1n) is 12.0. The summed E-state index contributed by atoms with van der Waals surface area (Å²) in [5, 5.41) is 0. The molecule has 0 aliphatic rings. The number of hydrogen-bond acceptors (Lipinski definition) is 1. The van der Waals surface area contributed by atoms with E-state index in [0.29, 0.717) is 4.90 Å². The molecule has 0 N–H and O–H groups in total. The molecule has 3 rings (SSSR count). The quantitative estimate of drug-likeness (QED) is 0.460. The summed E-state index contributed by atoms with van der Waals surface area (Å²) in [7, 11) is 0. The molecule has 3 aromatic carbocycles. The van der Waals surface area contributed by atoms with Crippen molar-refractivity contribution < 1.29 is 17.8 Å². The lowest BCUT2D eigenvalue weighted by atomic mass is 10.2. The van der Waals surface area contributed by atoms with Gasteiger partial charge in [-0.2, -0.15) is 0 Å². The second-order valence-electron chi connectivity index (χ2n) is 3.63. The monoisotopic (exact) mass is 414 g/mol. The molecule has 1 nitrogen and oxygen atoms in total. The molecule has 0 atom stereocenters. The van der Waals surface area contributed by atoms with Crippen molar-refractivity contribution in [1.82, 2.24) is 0 Å². The third-order valence-electron chi connectivity index (χ3n) is 2.32. The van der Waals surface area contributed by atoms with E-state index in [-0.39, 0.29) is 8.95 Å². The van der Waals surface area contributed by atoms with Crippen molar-refractivity contribution in [3.63, 3.8) is 0 Å². The maximum Gasteiger partial charge on any atom is 0.0645 e. The summed E-state index contributed by atoms with van der Waals surface area (Å²) in [5.74, 6) is 0. The van der Waals surface area contributed by atoms with Gasteiger partial charge >= 0.3 is 0 Å². The molecule has 3 aromatic rings. The van der Waals surface area contributed by atoms with E-state index in [1.165, 1.54) is 0 Å². The third-order valence-corrected chi connectivity index (χ3v) is 3.11. The van der Waals surface area contributed by atoms with Crippen LogP contribution in [0.1, 0.15) is 17.8 Å². The van der Waals surface area contributed by atoms with Crippen molar-refractivity contribution in [2.45, 2.75) is 0 Å². The third kappa shape index (κ3) is 3.36. The molecule has 0 unspecified atom stereocenters. The number of hydrogen-bond donors (Lipinski definition) is 0. The Labute approximate surface area is 159 Å². The van der Waals surface area contributed by atoms with Crippen molar-refractivity contribution >= 4 is 48.9 Å². The van der Waals surface area contributed by atoms with Crippen LogP contribution in [0.4, 0.5) is 17.1 Å². The second kappa shape index (κ2) is 6.46. The van der Waals surface area contributed by atoms with Gasteiger partial charge in [0.15, 0.2) is 0 Å². The molecule has 0 spiro atoms. The first-order valence-corrected chi connectivity index (χ1v) is 7.13. The number of nitrogens with zero attached hydrogens (tertiary/aromatic N) is 1. The molecule has 0 aliphatic carbocycles. The lowest BCUT2D eigenvalue weighted by Crippen LogP contribution is -2.09. The second-order valence-corrected chi connectivity index (χ2v) is 5.22. The van der Waals surface area contributed by atoms with E-state index in [4.69, 9.17) is 17.8 Å². The van der Waals surface area contributed by atoms with Gasteiger partial charge in [0.2, 0.25) is 0 Å². The minimum absolute atomic E-state index is 0.192. The Kier molecular flexibility index (Phi) is 1.71. The van der Waals surface area contributed by atoms with E-state index >= 15 is 0 Å². The summed E-state index contributed by atoms with van der Waals surface area (Å²) in [4.78, 5) is 0.667. The predicted molar refractivity (Wildman–Crippen MR) is 96.5 cm³/mol. The van der Waals surface area contributed by atoms with Gasteiger partial charge in [-0.1, -0.05) is 50.0 Å². The topological polar surface area (TPSA) is 3.24 Å². The molecule has 0 fully saturated rings. The number of anilines is 3. The van der Waals surface area contributed by atoms with Gasteiger partial charge in [-0.25, -0.2) is 0 Å². The molecule has 0 radical (unpaired) electrons. The van der Waals surface area contributed by atoms with Crippen molar-refractivity contribution in [2.24, 2.45) is 0 Å². The van der Waals surface area contributed by atoms with Gasteiger partial charge in [0.25, 0.3) is 0 Å². The fourth-order valence-electron chi connectivity index (χ4n) is 1.50. The zero-order valence-corrected chi connectivity index (χ0v) is 13.4. The molecule has 0 amide bonds. The van der Waals surface area contributed by atoms with Gasteiger partial charge in [0.1, 0.15) is 0 Å². The molecule has 0 saturated heterocycles. The van der Waals surface area contributed by atoms with Crippen LogP contribution < -0.4 is 4.90 Å². The number of rotatable bonds is 3. The summed E-state index contributed by atoms with van der Waals surface area (Å²) in [6, 6.07) is -8.89. The Bertz CT molecular complexity index is 1120. The van der Waals surface area contributed by atoms with Crippen molar-refractivity contribution in [2.75, 3.05) is 4.90 Å². The van der Waals surface area contributed by atoms with Crippen LogP contribution in [0.25, 0.3) is 0 Å². The minimum atomic E-state index is -0.800. The highest BCUT2D eigenvalue weighted by atomic mass is 79.9. The minimum Gasteiger partial charge on any atom is -0.311 e. The highest BCUT2D eigenvalue weighted by molar-refractivity contribution is 9.10. The predicted octanol–water partition coefficient (Wildman–Crippen LogP) is 6.68. The van der Waals surface area contributed by atoms with Crippen molar-refractivity contribution in [3.05, 3.63) is 87.5 Å². The van der Waals surface area contributed by atoms with E-state index < -0.39 is 95.6 Å². The lowest BCUT2D eigenvalue weighted by molar-refractivity contribution is 1.28. The molecule has 21 heavy (non-hydrogen) atoms. The molecule has 3 heteroatoms. The molecule has 0 aliphatic heterocycles. The van der Waals surface area contributed by atoms with Crippen LogP contribution in [-0.2, 0) is 0 Å². The van der Waals surface area contributed by atoms with Crippen LogP contribution in [0.3, 0.4) is 0 Å². The van der Waals surface area contributed by atoms with Gasteiger partial charge in [0.05, 0.1) is 17.8 Å². The fraction of sp³-hybridized carbons (Fsp3) is 0. The smallest absolute Gasteiger partial charge is 0.0645 e. The van der Waals surface area contributed by atoms with Crippen molar-refractivity contribution in [1.29, 1.82) is 0 Å². The highest BCUT2D eigenvalue weighted by Gasteiger charge is 2.11. The van der Waals surface area contributed by atoms with Gasteiger partial charge in [0, 0.05) is 26.0 Å². The molecule has 0 saturated carbocycles. The zero-order valence-electron chi connectivity index (χ0n) is 23.2. The summed E-state index contributed by atoms with van der Waals surface area (Å²) in [5.41, 5.74) is -1.88. The van der Waals surface area contributed by atoms with Crippen LogP contribution in [0.5, 0.6) is 0 Å². The lowest BCUT2D eigenvalue weighted by Gasteiger charge is -2.25. The fourth-order valence-corrected chi connectivity index (χ4v) is 1.89. The van der Waals surface area contributed by atoms with E-state index in [9.17, 15) is 0 Å². The van der Waals surface area contributed by atoms with Crippen LogP contribution in [-0.4, -0.2) is 0 Å². The molecular formula is C18H13Br2N. The summed E-state index contributed by atoms with van der Waals surface area (Å²) in [6.07, 6.45) is 0. The normalized spacial score (nSPS) is 19.0. The summed E-state index contributed by atoms with van der Waals surface area (Å²) in [6.45, 7) is 0. The Morgan fingerprint density at radius 1 is 0.571 bits per heavy atom. The van der Waals surface area contributed by atoms with Gasteiger partial charge in [-0.15, -0.1) is 0 Å². The van der Waals surface area contributed by atoms with Gasteiger partial charge in [-0.3, -0.25) is 0 Å². The maximum absolute atomic E-state index is 8.44. The van der Waals surface area contributed by atoms with E-state index in [1.807, 2.05) is 0 Å². The molecule has 0 aromatic heterocycles. The molecule has 104 valence electrons. The SMILES string of the molecule is [2H]c1c([2H])c([2H])c(N(c2c([2H])c([2H])c(Br)c([2H])c2[2H])c2c([2H])c([2H])c(Br)c([2H])c2[2H])c([2H])c1[2H]. The zero-order chi connectivity index (χ0) is 26.0. The van der Waals surface area contributed by atoms with E-state index in [0.717, 1.165) is 0 Å². The Hall–Kier alpha value is -1.58. The highest BCUT2D eigenvalue weighted by Crippen LogP contribution is 2.35. The van der Waals surface area contributed by atoms with Crippen LogP contribution in [0.15, 0.2) is 87.5 Å². The molecule has 0 heterocycles. The Morgan fingerprint density at radius 3 is 1.38 bits per heavy atom.